The third kappa shape index (κ3) is 2.72. The molecular formula is C17H15Cl2NO2. The Kier molecular flexibility index (Phi) is 4.39. The second-order valence-electron chi connectivity index (χ2n) is 5.27. The van der Waals surface area contributed by atoms with Crippen molar-refractivity contribution in [2.24, 2.45) is 0 Å². The number of carbonyl (C=O) groups excluding carboxylic acids is 1. The molecule has 0 aliphatic carbocycles. The molecule has 22 heavy (non-hydrogen) atoms. The molecule has 2 aromatic rings. The van der Waals surface area contributed by atoms with Gasteiger partial charge < -0.3 is 10.0 Å². The van der Waals surface area contributed by atoms with Gasteiger partial charge in [-0.1, -0.05) is 47.5 Å². The third-order valence-electron chi connectivity index (χ3n) is 3.96. The minimum atomic E-state index is -0.195. The number of hydrogen-bond donors (Lipinski definition) is 1. The predicted molar refractivity (Wildman–Crippen MR) is 87.5 cm³/mol. The molecule has 1 heterocycles. The lowest BCUT2D eigenvalue weighted by Gasteiger charge is -2.37. The van der Waals surface area contributed by atoms with E-state index in [1.807, 2.05) is 30.3 Å². The van der Waals surface area contributed by atoms with E-state index in [1.54, 1.807) is 17.0 Å². The molecule has 2 aromatic carbocycles. The Morgan fingerprint density at radius 1 is 1.18 bits per heavy atom. The maximum absolute atomic E-state index is 12.7. The zero-order valence-corrected chi connectivity index (χ0v) is 13.3. The quantitative estimate of drug-likeness (QED) is 0.928. The van der Waals surface area contributed by atoms with E-state index < -0.39 is 0 Å². The number of carbonyl (C=O) groups is 1. The van der Waals surface area contributed by atoms with Gasteiger partial charge in [0.15, 0.2) is 0 Å². The van der Waals surface area contributed by atoms with Crippen molar-refractivity contribution < 1.29 is 9.90 Å². The van der Waals surface area contributed by atoms with Crippen LogP contribution in [0.3, 0.4) is 0 Å². The van der Waals surface area contributed by atoms with E-state index >= 15 is 0 Å². The number of rotatable bonds is 3. The molecule has 1 N–H and O–H groups in total. The van der Waals surface area contributed by atoms with E-state index in [0.29, 0.717) is 22.0 Å². The molecule has 3 nitrogen and oxygen atoms in total. The van der Waals surface area contributed by atoms with Gasteiger partial charge in [-0.25, -0.2) is 0 Å². The molecule has 1 amide bonds. The molecule has 0 aromatic heterocycles. The molecular weight excluding hydrogens is 321 g/mol. The monoisotopic (exact) mass is 335 g/mol. The molecule has 114 valence electrons. The van der Waals surface area contributed by atoms with E-state index in [0.717, 1.165) is 11.1 Å². The summed E-state index contributed by atoms with van der Waals surface area (Å²) >= 11 is 12.3. The summed E-state index contributed by atoms with van der Waals surface area (Å²) in [5.41, 5.74) is 2.54. The smallest absolute Gasteiger partial charge is 0.254 e. The van der Waals surface area contributed by atoms with Crippen molar-refractivity contribution in [2.45, 2.75) is 12.5 Å². The maximum Gasteiger partial charge on any atom is 0.254 e. The summed E-state index contributed by atoms with van der Waals surface area (Å²) in [5, 5.41) is 10.4. The van der Waals surface area contributed by atoms with E-state index in [1.165, 1.54) is 0 Å². The first kappa shape index (κ1) is 15.3. The number of benzene rings is 2. The van der Waals surface area contributed by atoms with Crippen LogP contribution in [0.15, 0.2) is 42.5 Å². The van der Waals surface area contributed by atoms with Gasteiger partial charge in [-0.15, -0.1) is 0 Å². The van der Waals surface area contributed by atoms with Crippen molar-refractivity contribution >= 4 is 29.1 Å². The van der Waals surface area contributed by atoms with Crippen molar-refractivity contribution in [1.82, 2.24) is 4.90 Å². The Balaban J connectivity index is 2.07. The summed E-state index contributed by atoms with van der Waals surface area (Å²) in [7, 11) is 0. The Morgan fingerprint density at radius 3 is 2.68 bits per heavy atom. The normalized spacial score (nSPS) is 17.5. The van der Waals surface area contributed by atoms with Gasteiger partial charge >= 0.3 is 0 Å². The number of halogens is 2. The highest BCUT2D eigenvalue weighted by molar-refractivity contribution is 6.35. The third-order valence-corrected chi connectivity index (χ3v) is 4.52. The SMILES string of the molecule is O=C1c2ccccc2CC(c2ccc(Cl)cc2Cl)N1CCO. The molecule has 0 spiro atoms. The van der Waals surface area contributed by atoms with Crippen molar-refractivity contribution in [2.75, 3.05) is 13.2 Å². The number of aliphatic hydroxyl groups excluding tert-OH is 1. The first-order valence-corrected chi connectivity index (χ1v) is 7.82. The van der Waals surface area contributed by atoms with Crippen LogP contribution in [-0.4, -0.2) is 29.1 Å². The first-order valence-electron chi connectivity index (χ1n) is 7.06. The average Bonchev–Trinajstić information content (AvgIpc) is 2.50. The largest absolute Gasteiger partial charge is 0.395 e. The fourth-order valence-corrected chi connectivity index (χ4v) is 3.47. The number of fused-ring (bicyclic) bond motifs is 1. The van der Waals surface area contributed by atoms with Crippen LogP contribution < -0.4 is 0 Å². The highest BCUT2D eigenvalue weighted by atomic mass is 35.5. The maximum atomic E-state index is 12.7. The van der Waals surface area contributed by atoms with E-state index in [2.05, 4.69) is 0 Å². The predicted octanol–water partition coefficient (Wildman–Crippen LogP) is 3.73. The minimum Gasteiger partial charge on any atom is -0.395 e. The Hall–Kier alpha value is -1.55. The van der Waals surface area contributed by atoms with Gasteiger partial charge in [0, 0.05) is 22.2 Å². The summed E-state index contributed by atoms with van der Waals surface area (Å²) in [6, 6.07) is 12.7. The second-order valence-corrected chi connectivity index (χ2v) is 6.11. The van der Waals surface area contributed by atoms with Crippen molar-refractivity contribution in [3.05, 3.63) is 69.2 Å². The topological polar surface area (TPSA) is 40.5 Å². The van der Waals surface area contributed by atoms with Crippen molar-refractivity contribution in [3.8, 4) is 0 Å². The fourth-order valence-electron chi connectivity index (χ4n) is 2.94. The van der Waals surface area contributed by atoms with Crippen molar-refractivity contribution in [1.29, 1.82) is 0 Å². The molecule has 0 fully saturated rings. The minimum absolute atomic E-state index is 0.0769. The lowest BCUT2D eigenvalue weighted by Crippen LogP contribution is -2.42. The van der Waals surface area contributed by atoms with Gasteiger partial charge in [0.25, 0.3) is 5.91 Å². The highest BCUT2D eigenvalue weighted by Gasteiger charge is 2.33. The van der Waals surface area contributed by atoms with E-state index in [-0.39, 0.29) is 25.1 Å². The van der Waals surface area contributed by atoms with Crippen LogP contribution in [0.5, 0.6) is 0 Å². The summed E-state index contributed by atoms with van der Waals surface area (Å²) < 4.78 is 0. The lowest BCUT2D eigenvalue weighted by atomic mass is 9.89. The Morgan fingerprint density at radius 2 is 1.95 bits per heavy atom. The molecule has 1 atom stereocenters. The van der Waals surface area contributed by atoms with Gasteiger partial charge in [-0.05, 0) is 35.7 Å². The van der Waals surface area contributed by atoms with Crippen molar-refractivity contribution in [3.63, 3.8) is 0 Å². The zero-order chi connectivity index (χ0) is 15.7. The van der Waals surface area contributed by atoms with Crippen LogP contribution in [0.2, 0.25) is 10.0 Å². The van der Waals surface area contributed by atoms with Gasteiger partial charge in [0.05, 0.1) is 12.6 Å². The van der Waals surface area contributed by atoms with E-state index in [9.17, 15) is 9.90 Å². The number of nitrogens with zero attached hydrogens (tertiary/aromatic N) is 1. The van der Waals surface area contributed by atoms with Gasteiger partial charge in [-0.2, -0.15) is 0 Å². The van der Waals surface area contributed by atoms with Gasteiger partial charge in [0.2, 0.25) is 0 Å². The molecule has 0 saturated heterocycles. The summed E-state index contributed by atoms with van der Waals surface area (Å²) in [5.74, 6) is -0.0769. The summed E-state index contributed by atoms with van der Waals surface area (Å²) in [4.78, 5) is 14.4. The molecule has 0 bridgehead atoms. The molecule has 3 rings (SSSR count). The molecule has 1 unspecified atom stereocenters. The first-order chi connectivity index (χ1) is 10.6. The summed E-state index contributed by atoms with van der Waals surface area (Å²) in [6.45, 7) is 0.187. The van der Waals surface area contributed by atoms with Crippen LogP contribution in [0.1, 0.15) is 27.5 Å². The number of hydrogen-bond acceptors (Lipinski definition) is 2. The number of β-amino-alcohol motifs (C(OH)–C–C–N with tert-alkyl or cyclic N) is 1. The van der Waals surface area contributed by atoms with E-state index in [4.69, 9.17) is 23.2 Å². The van der Waals surface area contributed by atoms with Crippen LogP contribution in [0.25, 0.3) is 0 Å². The summed E-state index contributed by atoms with van der Waals surface area (Å²) in [6.07, 6.45) is 0.670. The molecule has 1 aliphatic heterocycles. The highest BCUT2D eigenvalue weighted by Crippen LogP contribution is 2.36. The van der Waals surface area contributed by atoms with Gasteiger partial charge in [-0.3, -0.25) is 4.79 Å². The van der Waals surface area contributed by atoms with Crippen LogP contribution in [-0.2, 0) is 6.42 Å². The second kappa shape index (κ2) is 6.29. The lowest BCUT2D eigenvalue weighted by molar-refractivity contribution is 0.0602. The van der Waals surface area contributed by atoms with Crippen LogP contribution >= 0.6 is 23.2 Å². The van der Waals surface area contributed by atoms with Crippen LogP contribution in [0.4, 0.5) is 0 Å². The number of amides is 1. The average molecular weight is 336 g/mol. The van der Waals surface area contributed by atoms with Gasteiger partial charge in [0.1, 0.15) is 0 Å². The fraction of sp³-hybridized carbons (Fsp3) is 0.235. The Labute approximate surface area is 139 Å². The number of aliphatic hydroxyl groups is 1. The molecule has 1 aliphatic rings. The molecule has 5 heteroatoms. The standard InChI is InChI=1S/C17H15Cl2NO2/c18-12-5-6-14(15(19)10-12)16-9-11-3-1-2-4-13(11)17(22)20(16)7-8-21/h1-6,10,16,21H,7-9H2. The van der Waals surface area contributed by atoms with Crippen LogP contribution in [0, 0.1) is 0 Å². The zero-order valence-electron chi connectivity index (χ0n) is 11.8. The Bertz CT molecular complexity index is 718. The molecule has 0 saturated carbocycles. The molecule has 0 radical (unpaired) electrons.